The standard InChI is InChI=1S/C18H18N2/c1-12-10-13(2)17(14(3)11-12)18(15-6-4-8-19-15)16-7-5-9-20-16/h4-11,18H,1-3H3. The first-order chi connectivity index (χ1) is 9.66. The van der Waals surface area contributed by atoms with Crippen LogP contribution in [0.3, 0.4) is 0 Å². The van der Waals surface area contributed by atoms with Gasteiger partial charge in [0, 0.05) is 12.2 Å². The van der Waals surface area contributed by atoms with E-state index in [0.29, 0.717) is 0 Å². The van der Waals surface area contributed by atoms with Crippen LogP contribution in [0.2, 0.25) is 0 Å². The van der Waals surface area contributed by atoms with Gasteiger partial charge in [-0.1, -0.05) is 34.5 Å². The molecule has 1 aromatic heterocycles. The van der Waals surface area contributed by atoms with Crippen molar-refractivity contribution in [2.45, 2.75) is 26.7 Å². The fraction of sp³-hybridized carbons (Fsp3) is 0.222. The first-order valence-electron chi connectivity index (χ1n) is 6.90. The summed E-state index contributed by atoms with van der Waals surface area (Å²) in [6.07, 6.45) is 7.77. The number of aryl methyl sites for hydroxylation is 3. The van der Waals surface area contributed by atoms with E-state index in [-0.39, 0.29) is 5.92 Å². The molecular formula is C18H18N2. The van der Waals surface area contributed by atoms with Gasteiger partial charge < -0.3 is 4.98 Å². The summed E-state index contributed by atoms with van der Waals surface area (Å²) in [5, 5.41) is 0. The first kappa shape index (κ1) is 12.7. The summed E-state index contributed by atoms with van der Waals surface area (Å²) in [4.78, 5) is 4.51. The van der Waals surface area contributed by atoms with Gasteiger partial charge in [-0.05, 0) is 37.5 Å². The highest BCUT2D eigenvalue weighted by Crippen LogP contribution is 2.31. The van der Waals surface area contributed by atoms with Gasteiger partial charge in [-0.2, -0.15) is 6.20 Å². The summed E-state index contributed by atoms with van der Waals surface area (Å²) >= 11 is 0. The molecule has 0 spiro atoms. The molecule has 100 valence electrons. The fourth-order valence-electron chi connectivity index (χ4n) is 3.06. The van der Waals surface area contributed by atoms with Gasteiger partial charge in [0.2, 0.25) is 0 Å². The predicted molar refractivity (Wildman–Crippen MR) is 84.6 cm³/mol. The van der Waals surface area contributed by atoms with Crippen molar-refractivity contribution in [1.29, 1.82) is 0 Å². The zero-order valence-electron chi connectivity index (χ0n) is 12.1. The number of benzene rings is 1. The minimum atomic E-state index is 0.126. The molecule has 0 amide bonds. The van der Waals surface area contributed by atoms with Gasteiger partial charge in [0.25, 0.3) is 6.21 Å². The van der Waals surface area contributed by atoms with Gasteiger partial charge >= 0.3 is 5.71 Å². The lowest BCUT2D eigenvalue weighted by atomic mass is 9.84. The van der Waals surface area contributed by atoms with Crippen molar-refractivity contribution in [1.82, 2.24) is 9.65 Å². The number of aromatic nitrogens is 1. The Hall–Kier alpha value is -2.31. The summed E-state index contributed by atoms with van der Waals surface area (Å²) in [6.45, 7) is 6.49. The van der Waals surface area contributed by atoms with Crippen molar-refractivity contribution < 1.29 is 0 Å². The molecule has 1 unspecified atom stereocenters. The Morgan fingerprint density at radius 3 is 2.40 bits per heavy atom. The maximum Gasteiger partial charge on any atom is 0.314 e. The van der Waals surface area contributed by atoms with Crippen molar-refractivity contribution in [2.24, 2.45) is 0 Å². The quantitative estimate of drug-likeness (QED) is 0.782. The van der Waals surface area contributed by atoms with Crippen LogP contribution in [0.1, 0.15) is 33.9 Å². The summed E-state index contributed by atoms with van der Waals surface area (Å²) in [7, 11) is 0. The smallest absolute Gasteiger partial charge is 0.314 e. The van der Waals surface area contributed by atoms with Crippen molar-refractivity contribution in [3.8, 4) is 0 Å². The maximum atomic E-state index is 4.51. The molecule has 0 N–H and O–H groups in total. The molecule has 0 bridgehead atoms. The van der Waals surface area contributed by atoms with Gasteiger partial charge in [-0.25, -0.2) is 0 Å². The van der Waals surface area contributed by atoms with E-state index in [9.17, 15) is 0 Å². The third kappa shape index (κ3) is 2.15. The Morgan fingerprint density at radius 1 is 1.10 bits per heavy atom. The zero-order chi connectivity index (χ0) is 14.1. The molecule has 2 heteroatoms. The average molecular weight is 262 g/mol. The molecule has 3 rings (SSSR count). The Kier molecular flexibility index (Phi) is 3.17. The monoisotopic (exact) mass is 262 g/mol. The second-order valence-corrected chi connectivity index (χ2v) is 5.37. The molecule has 0 aliphatic carbocycles. The molecule has 1 atom stereocenters. The first-order valence-corrected chi connectivity index (χ1v) is 6.90. The third-order valence-corrected chi connectivity index (χ3v) is 3.77. The van der Waals surface area contributed by atoms with E-state index in [1.165, 1.54) is 22.3 Å². The van der Waals surface area contributed by atoms with E-state index >= 15 is 0 Å². The molecule has 0 fully saturated rings. The average Bonchev–Trinajstić information content (AvgIpc) is 3.07. The SMILES string of the molecule is Cc1cc(C)c(C(C2=[N+]=CC=C2)c2ccc[n-]2)c(C)c1. The minimum Gasteiger partial charge on any atom is -0.667 e. The van der Waals surface area contributed by atoms with Crippen LogP contribution in [-0.2, 0) is 0 Å². The zero-order valence-corrected chi connectivity index (χ0v) is 12.1. The number of hydrogen-bond acceptors (Lipinski definition) is 0. The summed E-state index contributed by atoms with van der Waals surface area (Å²) in [5.41, 5.74) is 7.37. The number of hydrogen-bond donors (Lipinski definition) is 0. The molecule has 1 aliphatic heterocycles. The Morgan fingerprint density at radius 2 is 1.85 bits per heavy atom. The van der Waals surface area contributed by atoms with Gasteiger partial charge in [0.1, 0.15) is 0 Å². The summed E-state index contributed by atoms with van der Waals surface area (Å²) in [5.74, 6) is 0.126. The minimum absolute atomic E-state index is 0.126. The topological polar surface area (TPSA) is 28.2 Å². The highest BCUT2D eigenvalue weighted by Gasteiger charge is 2.27. The van der Waals surface area contributed by atoms with Crippen LogP contribution < -0.4 is 9.65 Å². The molecule has 0 saturated carbocycles. The Balaban J connectivity index is 2.21. The van der Waals surface area contributed by atoms with Crippen LogP contribution in [0.25, 0.3) is 0 Å². The third-order valence-electron chi connectivity index (χ3n) is 3.77. The van der Waals surface area contributed by atoms with Crippen LogP contribution >= 0.6 is 0 Å². The van der Waals surface area contributed by atoms with Crippen LogP contribution in [0.15, 0.2) is 42.6 Å². The van der Waals surface area contributed by atoms with Crippen LogP contribution in [-0.4, -0.2) is 11.9 Å². The normalized spacial score (nSPS) is 14.7. The van der Waals surface area contributed by atoms with Crippen molar-refractivity contribution in [3.05, 3.63) is 70.6 Å². The molecule has 1 aliphatic rings. The lowest BCUT2D eigenvalue weighted by Crippen LogP contribution is -2.17. The van der Waals surface area contributed by atoms with Gasteiger partial charge in [0.15, 0.2) is 0 Å². The molecule has 2 nitrogen and oxygen atoms in total. The van der Waals surface area contributed by atoms with E-state index in [2.05, 4.69) is 54.7 Å². The molecule has 0 radical (unpaired) electrons. The second-order valence-electron chi connectivity index (χ2n) is 5.37. The molecule has 1 aromatic carbocycles. The lowest BCUT2D eigenvalue weighted by Gasteiger charge is -2.21. The van der Waals surface area contributed by atoms with Crippen molar-refractivity contribution >= 4 is 11.9 Å². The Labute approximate surface area is 119 Å². The predicted octanol–water partition coefficient (Wildman–Crippen LogP) is 2.85. The van der Waals surface area contributed by atoms with Gasteiger partial charge in [-0.3, -0.25) is 0 Å². The van der Waals surface area contributed by atoms with Crippen molar-refractivity contribution in [3.63, 3.8) is 0 Å². The number of nitrogens with zero attached hydrogens (tertiary/aromatic N) is 2. The highest BCUT2D eigenvalue weighted by atomic mass is 14.7. The van der Waals surface area contributed by atoms with Crippen LogP contribution in [0.5, 0.6) is 0 Å². The number of rotatable bonds is 3. The number of allylic oxidation sites excluding steroid dienone is 2. The highest BCUT2D eigenvalue weighted by molar-refractivity contribution is 6.08. The van der Waals surface area contributed by atoms with E-state index in [4.69, 9.17) is 0 Å². The molecule has 20 heavy (non-hydrogen) atoms. The van der Waals surface area contributed by atoms with E-state index in [1.807, 2.05) is 24.6 Å². The largest absolute Gasteiger partial charge is 0.667 e. The fourth-order valence-corrected chi connectivity index (χ4v) is 3.06. The van der Waals surface area contributed by atoms with Gasteiger partial charge in [0.05, 0.1) is 5.92 Å². The molecule has 2 heterocycles. The summed E-state index contributed by atoms with van der Waals surface area (Å²) in [6, 6.07) is 8.55. The van der Waals surface area contributed by atoms with Crippen LogP contribution in [0, 0.1) is 20.8 Å². The van der Waals surface area contributed by atoms with Gasteiger partial charge in [-0.15, -0.1) is 5.69 Å². The molecule has 2 aromatic rings. The summed E-state index contributed by atoms with van der Waals surface area (Å²) < 4.78 is 4.51. The van der Waals surface area contributed by atoms with E-state index < -0.39 is 0 Å². The molecule has 0 saturated heterocycles. The van der Waals surface area contributed by atoms with Crippen LogP contribution in [0.4, 0.5) is 0 Å². The Bertz CT molecular complexity index is 704. The molecular weight excluding hydrogens is 244 g/mol. The van der Waals surface area contributed by atoms with E-state index in [0.717, 1.165) is 11.4 Å². The van der Waals surface area contributed by atoms with Crippen molar-refractivity contribution in [2.75, 3.05) is 0 Å². The van der Waals surface area contributed by atoms with E-state index in [1.54, 1.807) is 0 Å². The lowest BCUT2D eigenvalue weighted by molar-refractivity contribution is 0.977. The maximum absolute atomic E-state index is 4.51. The second kappa shape index (κ2) is 4.99.